The second-order valence-corrected chi connectivity index (χ2v) is 8.24. The van der Waals surface area contributed by atoms with Crippen molar-refractivity contribution in [1.82, 2.24) is 25.1 Å². The third-order valence-corrected chi connectivity index (χ3v) is 6.00. The molecule has 1 amide bonds. The van der Waals surface area contributed by atoms with Gasteiger partial charge in [0.15, 0.2) is 5.96 Å². The monoisotopic (exact) mass is 435 g/mol. The summed E-state index contributed by atoms with van der Waals surface area (Å²) in [5, 5.41) is 3.42. The first-order chi connectivity index (χ1) is 15.7. The molecule has 0 atom stereocenters. The number of piperazine rings is 1. The number of hydrogen-bond donors (Lipinski definition) is 1. The molecular formula is C24H33N7O. The average molecular weight is 436 g/mol. The van der Waals surface area contributed by atoms with Gasteiger partial charge in [0, 0.05) is 63.8 Å². The van der Waals surface area contributed by atoms with Crippen molar-refractivity contribution in [3.63, 3.8) is 0 Å². The van der Waals surface area contributed by atoms with Crippen molar-refractivity contribution in [1.29, 1.82) is 0 Å². The fourth-order valence-electron chi connectivity index (χ4n) is 4.20. The third kappa shape index (κ3) is 5.55. The van der Waals surface area contributed by atoms with E-state index in [0.29, 0.717) is 6.54 Å². The van der Waals surface area contributed by atoms with Crippen LogP contribution in [0.15, 0.2) is 47.7 Å². The molecule has 3 heterocycles. The largest absolute Gasteiger partial charge is 0.357 e. The number of aromatic nitrogens is 2. The second kappa shape index (κ2) is 10.9. The summed E-state index contributed by atoms with van der Waals surface area (Å²) < 4.78 is 0. The van der Waals surface area contributed by atoms with Gasteiger partial charge in [0.1, 0.15) is 0 Å². The van der Waals surface area contributed by atoms with Crippen molar-refractivity contribution in [2.75, 3.05) is 50.7 Å². The number of hydrogen-bond acceptors (Lipinski definition) is 5. The number of rotatable bonds is 5. The summed E-state index contributed by atoms with van der Waals surface area (Å²) in [5.41, 5.74) is 1.87. The Morgan fingerprint density at radius 1 is 0.938 bits per heavy atom. The third-order valence-electron chi connectivity index (χ3n) is 6.00. The molecule has 0 aliphatic carbocycles. The first-order valence-electron chi connectivity index (χ1n) is 11.7. The zero-order chi connectivity index (χ0) is 22.2. The van der Waals surface area contributed by atoms with E-state index in [1.807, 2.05) is 35.2 Å². The van der Waals surface area contributed by atoms with Gasteiger partial charge in [-0.25, -0.2) is 15.0 Å². The Kier molecular flexibility index (Phi) is 7.53. The molecule has 1 aromatic carbocycles. The molecule has 0 spiro atoms. The maximum absolute atomic E-state index is 12.7. The summed E-state index contributed by atoms with van der Waals surface area (Å²) in [4.78, 5) is 32.7. The summed E-state index contributed by atoms with van der Waals surface area (Å²) >= 11 is 0. The molecule has 2 aliphatic heterocycles. The van der Waals surface area contributed by atoms with Gasteiger partial charge in [0.05, 0.1) is 6.54 Å². The summed E-state index contributed by atoms with van der Waals surface area (Å²) in [6, 6.07) is 9.76. The maximum Gasteiger partial charge on any atom is 0.253 e. The number of likely N-dealkylation sites (tertiary alicyclic amines) is 1. The Bertz CT molecular complexity index is 886. The van der Waals surface area contributed by atoms with Crippen LogP contribution in [0.1, 0.15) is 42.1 Å². The average Bonchev–Trinajstić information content (AvgIpc) is 2.87. The minimum Gasteiger partial charge on any atom is -0.357 e. The second-order valence-electron chi connectivity index (χ2n) is 8.24. The SMILES string of the molecule is CCNC(=NCc1ccc(C(=O)N2CCCCC2)cc1)N1CCN(c2ncccn2)CC1. The Morgan fingerprint density at radius 2 is 1.62 bits per heavy atom. The van der Waals surface area contributed by atoms with E-state index in [9.17, 15) is 4.79 Å². The van der Waals surface area contributed by atoms with E-state index in [4.69, 9.17) is 4.99 Å². The van der Waals surface area contributed by atoms with Gasteiger partial charge in [-0.05, 0) is 49.9 Å². The number of carbonyl (C=O) groups is 1. The molecule has 4 rings (SSSR count). The van der Waals surface area contributed by atoms with Crippen molar-refractivity contribution < 1.29 is 4.79 Å². The van der Waals surface area contributed by atoms with E-state index in [1.54, 1.807) is 12.4 Å². The van der Waals surface area contributed by atoms with Gasteiger partial charge in [-0.2, -0.15) is 0 Å². The molecular weight excluding hydrogens is 402 g/mol. The molecule has 2 saturated heterocycles. The first kappa shape index (κ1) is 22.0. The molecule has 170 valence electrons. The highest BCUT2D eigenvalue weighted by Crippen LogP contribution is 2.15. The highest BCUT2D eigenvalue weighted by molar-refractivity contribution is 5.94. The highest BCUT2D eigenvalue weighted by Gasteiger charge is 2.21. The van der Waals surface area contributed by atoms with Gasteiger partial charge >= 0.3 is 0 Å². The molecule has 1 aromatic heterocycles. The minimum atomic E-state index is 0.147. The maximum atomic E-state index is 12.7. The number of benzene rings is 1. The lowest BCUT2D eigenvalue weighted by Gasteiger charge is -2.36. The highest BCUT2D eigenvalue weighted by atomic mass is 16.2. The van der Waals surface area contributed by atoms with Gasteiger partial charge in [-0.1, -0.05) is 12.1 Å². The molecule has 0 saturated carbocycles. The predicted molar refractivity (Wildman–Crippen MR) is 127 cm³/mol. The number of guanidine groups is 1. The van der Waals surface area contributed by atoms with E-state index in [0.717, 1.165) is 81.7 Å². The molecule has 2 aliphatic rings. The summed E-state index contributed by atoms with van der Waals surface area (Å²) in [6.45, 7) is 8.71. The zero-order valence-corrected chi connectivity index (χ0v) is 18.9. The van der Waals surface area contributed by atoms with Gasteiger partial charge < -0.3 is 20.0 Å². The van der Waals surface area contributed by atoms with E-state index < -0.39 is 0 Å². The van der Waals surface area contributed by atoms with Gasteiger partial charge in [0.25, 0.3) is 5.91 Å². The van der Waals surface area contributed by atoms with E-state index >= 15 is 0 Å². The van der Waals surface area contributed by atoms with Crippen molar-refractivity contribution in [3.8, 4) is 0 Å². The number of nitrogens with zero attached hydrogens (tertiary/aromatic N) is 6. The number of aliphatic imine (C=N–C) groups is 1. The number of carbonyl (C=O) groups excluding carboxylic acids is 1. The summed E-state index contributed by atoms with van der Waals surface area (Å²) in [5.74, 6) is 1.86. The lowest BCUT2D eigenvalue weighted by atomic mass is 10.1. The smallest absolute Gasteiger partial charge is 0.253 e. The molecule has 2 aromatic rings. The van der Waals surface area contributed by atoms with Crippen LogP contribution >= 0.6 is 0 Å². The van der Waals surface area contributed by atoms with E-state index in [1.165, 1.54) is 6.42 Å². The lowest BCUT2D eigenvalue weighted by molar-refractivity contribution is 0.0724. The summed E-state index contributed by atoms with van der Waals surface area (Å²) in [7, 11) is 0. The molecule has 2 fully saturated rings. The Balaban J connectivity index is 1.34. The summed E-state index contributed by atoms with van der Waals surface area (Å²) in [6.07, 6.45) is 7.01. The number of nitrogens with one attached hydrogen (secondary N) is 1. The lowest BCUT2D eigenvalue weighted by Crippen LogP contribution is -2.52. The number of anilines is 1. The topological polar surface area (TPSA) is 77.0 Å². The molecule has 0 bridgehead atoms. The van der Waals surface area contributed by atoms with Crippen molar-refractivity contribution >= 4 is 17.8 Å². The number of amides is 1. The fourth-order valence-corrected chi connectivity index (χ4v) is 4.20. The molecule has 32 heavy (non-hydrogen) atoms. The quantitative estimate of drug-likeness (QED) is 0.574. The van der Waals surface area contributed by atoms with Crippen LogP contribution in [0.5, 0.6) is 0 Å². The molecule has 1 N–H and O–H groups in total. The molecule has 0 unspecified atom stereocenters. The Morgan fingerprint density at radius 3 is 2.28 bits per heavy atom. The Hall–Kier alpha value is -3.16. The van der Waals surface area contributed by atoms with Crippen molar-refractivity contribution in [2.24, 2.45) is 4.99 Å². The fraction of sp³-hybridized carbons (Fsp3) is 0.500. The van der Waals surface area contributed by atoms with Gasteiger partial charge in [-0.15, -0.1) is 0 Å². The van der Waals surface area contributed by atoms with E-state index in [2.05, 4.69) is 32.0 Å². The van der Waals surface area contributed by atoms with Crippen LogP contribution < -0.4 is 10.2 Å². The van der Waals surface area contributed by atoms with Crippen LogP contribution in [0.3, 0.4) is 0 Å². The van der Waals surface area contributed by atoms with Crippen molar-refractivity contribution in [3.05, 3.63) is 53.9 Å². The molecule has 8 nitrogen and oxygen atoms in total. The van der Waals surface area contributed by atoms with Crippen molar-refractivity contribution in [2.45, 2.75) is 32.7 Å². The molecule has 0 radical (unpaired) electrons. The number of piperidine rings is 1. The Labute approximate surface area is 190 Å². The van der Waals surface area contributed by atoms with Crippen LogP contribution in [-0.2, 0) is 6.54 Å². The van der Waals surface area contributed by atoms with Crippen LogP contribution in [0.4, 0.5) is 5.95 Å². The van der Waals surface area contributed by atoms with E-state index in [-0.39, 0.29) is 5.91 Å². The van der Waals surface area contributed by atoms with Crippen LogP contribution in [-0.4, -0.2) is 77.4 Å². The van der Waals surface area contributed by atoms with Gasteiger partial charge in [0.2, 0.25) is 5.95 Å². The van der Waals surface area contributed by atoms with Crippen LogP contribution in [0, 0.1) is 0 Å². The predicted octanol–water partition coefficient (Wildman–Crippen LogP) is 2.39. The zero-order valence-electron chi connectivity index (χ0n) is 18.9. The van der Waals surface area contributed by atoms with Crippen LogP contribution in [0.25, 0.3) is 0 Å². The minimum absolute atomic E-state index is 0.147. The molecule has 8 heteroatoms. The normalized spacial score (nSPS) is 17.4. The first-order valence-corrected chi connectivity index (χ1v) is 11.7. The van der Waals surface area contributed by atoms with Crippen LogP contribution in [0.2, 0.25) is 0 Å². The standard InChI is InChI=1S/C24H33N7O/c1-2-25-23(30-15-17-31(18-16-30)24-26-11-6-12-27-24)28-19-20-7-9-21(10-8-20)22(32)29-13-4-3-5-14-29/h6-12H,2-5,13-19H2,1H3,(H,25,28). The van der Waals surface area contributed by atoms with Gasteiger partial charge in [-0.3, -0.25) is 4.79 Å².